The fourth-order valence-electron chi connectivity index (χ4n) is 3.81. The molecule has 0 saturated heterocycles. The normalized spacial score (nSPS) is 10.8. The Kier molecular flexibility index (Phi) is 6.50. The van der Waals surface area contributed by atoms with Crippen LogP contribution in [0.2, 0.25) is 0 Å². The maximum absolute atomic E-state index is 14.8. The van der Waals surface area contributed by atoms with Gasteiger partial charge in [-0.2, -0.15) is 0 Å². The lowest BCUT2D eigenvalue weighted by Gasteiger charge is -2.19. The zero-order valence-electron chi connectivity index (χ0n) is 17.9. The number of carbonyl (C=O) groups excluding carboxylic acids is 1. The van der Waals surface area contributed by atoms with Crippen LogP contribution in [0, 0.1) is 26.6 Å². The van der Waals surface area contributed by atoms with E-state index in [-0.39, 0.29) is 11.3 Å². The van der Waals surface area contributed by atoms with Gasteiger partial charge in [0.05, 0.1) is 5.69 Å². The molecule has 0 atom stereocenters. The predicted molar refractivity (Wildman–Crippen MR) is 119 cm³/mol. The first-order chi connectivity index (χ1) is 14.3. The first-order valence-electron chi connectivity index (χ1n) is 10.2. The number of aryl methyl sites for hydroxylation is 3. The van der Waals surface area contributed by atoms with Gasteiger partial charge in [0, 0.05) is 17.9 Å². The maximum Gasteiger partial charge on any atom is 0.261 e. The molecule has 156 valence electrons. The number of benzene rings is 2. The molecule has 0 saturated carbocycles. The van der Waals surface area contributed by atoms with Gasteiger partial charge >= 0.3 is 0 Å². The molecule has 3 aromatic rings. The molecule has 4 nitrogen and oxygen atoms in total. The predicted octanol–water partition coefficient (Wildman–Crippen LogP) is 4.97. The van der Waals surface area contributed by atoms with E-state index in [1.807, 2.05) is 62.4 Å². The van der Waals surface area contributed by atoms with Crippen LogP contribution in [0.1, 0.15) is 45.4 Å². The number of para-hydroxylation sites is 1. The van der Waals surface area contributed by atoms with E-state index in [9.17, 15) is 14.0 Å². The number of hydrogen-bond donors (Lipinski definition) is 1. The van der Waals surface area contributed by atoms with Gasteiger partial charge in [0.15, 0.2) is 5.82 Å². The second-order valence-corrected chi connectivity index (χ2v) is 7.49. The monoisotopic (exact) mass is 406 g/mol. The van der Waals surface area contributed by atoms with Gasteiger partial charge in [-0.1, -0.05) is 55.5 Å². The molecular weight excluding hydrogens is 379 g/mol. The lowest BCUT2D eigenvalue weighted by molar-refractivity contribution is 0.102. The highest BCUT2D eigenvalue weighted by molar-refractivity contribution is 6.05. The molecule has 0 fully saturated rings. The van der Waals surface area contributed by atoms with Gasteiger partial charge in [0.2, 0.25) is 5.43 Å². The summed E-state index contributed by atoms with van der Waals surface area (Å²) in [5.41, 5.74) is 3.38. The van der Waals surface area contributed by atoms with Crippen LogP contribution in [-0.4, -0.2) is 10.5 Å². The van der Waals surface area contributed by atoms with Crippen molar-refractivity contribution in [3.63, 3.8) is 0 Å². The zero-order valence-corrected chi connectivity index (χ0v) is 17.9. The lowest BCUT2D eigenvalue weighted by atomic mass is 10.0. The Bertz CT molecular complexity index is 1130. The van der Waals surface area contributed by atoms with E-state index in [0.717, 1.165) is 23.1 Å². The van der Waals surface area contributed by atoms with Crippen molar-refractivity contribution in [3.8, 4) is 0 Å². The molecule has 0 unspecified atom stereocenters. The van der Waals surface area contributed by atoms with Crippen molar-refractivity contribution < 1.29 is 9.18 Å². The third-order valence-corrected chi connectivity index (χ3v) is 5.59. The van der Waals surface area contributed by atoms with Gasteiger partial charge in [-0.25, -0.2) is 4.39 Å². The van der Waals surface area contributed by atoms with Crippen molar-refractivity contribution in [1.82, 2.24) is 4.57 Å². The van der Waals surface area contributed by atoms with E-state index >= 15 is 0 Å². The van der Waals surface area contributed by atoms with Crippen LogP contribution >= 0.6 is 0 Å². The Balaban J connectivity index is 1.99. The highest BCUT2D eigenvalue weighted by Crippen LogP contribution is 2.22. The summed E-state index contributed by atoms with van der Waals surface area (Å²) in [6.07, 6.45) is 1.41. The number of carbonyl (C=O) groups is 1. The number of pyridine rings is 1. The Morgan fingerprint density at radius 2 is 1.70 bits per heavy atom. The van der Waals surface area contributed by atoms with Gasteiger partial charge in [-0.3, -0.25) is 9.59 Å². The van der Waals surface area contributed by atoms with Gasteiger partial charge in [-0.15, -0.1) is 0 Å². The zero-order chi connectivity index (χ0) is 21.8. The Hall–Kier alpha value is -3.21. The number of nitrogens with one attached hydrogen (secondary N) is 1. The summed E-state index contributed by atoms with van der Waals surface area (Å²) < 4.78 is 16.5. The van der Waals surface area contributed by atoms with Crippen LogP contribution < -0.4 is 10.7 Å². The second kappa shape index (κ2) is 9.08. The number of amides is 1. The molecule has 1 aromatic heterocycles. The fraction of sp³-hybridized carbons (Fsp3) is 0.280. The fourth-order valence-corrected chi connectivity index (χ4v) is 3.81. The number of aromatic nitrogens is 1. The third-order valence-electron chi connectivity index (χ3n) is 5.59. The minimum Gasteiger partial charge on any atom is -0.345 e. The molecular formula is C25H27FN2O2. The van der Waals surface area contributed by atoms with Crippen molar-refractivity contribution >= 4 is 11.6 Å². The number of rotatable bonds is 6. The summed E-state index contributed by atoms with van der Waals surface area (Å²) >= 11 is 0. The molecule has 0 aliphatic carbocycles. The highest BCUT2D eigenvalue weighted by atomic mass is 19.1. The lowest BCUT2D eigenvalue weighted by Crippen LogP contribution is -2.30. The molecule has 30 heavy (non-hydrogen) atoms. The van der Waals surface area contributed by atoms with Crippen molar-refractivity contribution in [2.24, 2.45) is 0 Å². The molecule has 0 aliphatic heterocycles. The van der Waals surface area contributed by atoms with Gasteiger partial charge in [0.1, 0.15) is 5.56 Å². The molecule has 1 N–H and O–H groups in total. The minimum absolute atomic E-state index is 0.142. The summed E-state index contributed by atoms with van der Waals surface area (Å²) in [6.45, 7) is 7.65. The minimum atomic E-state index is -0.876. The number of hydrogen-bond acceptors (Lipinski definition) is 2. The van der Waals surface area contributed by atoms with Crippen molar-refractivity contribution in [3.05, 3.63) is 98.2 Å². The Morgan fingerprint density at radius 1 is 1.00 bits per heavy atom. The molecule has 0 radical (unpaired) electrons. The van der Waals surface area contributed by atoms with E-state index in [1.54, 1.807) is 18.4 Å². The molecule has 5 heteroatoms. The first-order valence-corrected chi connectivity index (χ1v) is 10.2. The Labute approximate surface area is 176 Å². The van der Waals surface area contributed by atoms with E-state index < -0.39 is 17.2 Å². The van der Waals surface area contributed by atoms with Crippen LogP contribution in [0.15, 0.2) is 53.3 Å². The van der Waals surface area contributed by atoms with E-state index in [2.05, 4.69) is 5.32 Å². The van der Waals surface area contributed by atoms with Crippen molar-refractivity contribution in [1.29, 1.82) is 0 Å². The standard InChI is InChI=1S/C25H27FN2O2/c1-5-20-13-9-10-16(2)23(20)27-25(30)21-17(3)28(18(4)22(26)24(21)29)15-14-19-11-7-6-8-12-19/h6-13H,5,14-15H2,1-4H3,(H,27,30). The average molecular weight is 407 g/mol. The summed E-state index contributed by atoms with van der Waals surface area (Å²) in [7, 11) is 0. The highest BCUT2D eigenvalue weighted by Gasteiger charge is 2.23. The molecule has 2 aromatic carbocycles. The molecule has 1 amide bonds. The van der Waals surface area contributed by atoms with Gasteiger partial charge in [-0.05, 0) is 50.3 Å². The quantitative estimate of drug-likeness (QED) is 0.628. The van der Waals surface area contributed by atoms with Crippen LogP contribution in [0.4, 0.5) is 10.1 Å². The molecule has 1 heterocycles. The van der Waals surface area contributed by atoms with E-state index in [0.29, 0.717) is 24.3 Å². The summed E-state index contributed by atoms with van der Waals surface area (Å²) in [4.78, 5) is 25.7. The van der Waals surface area contributed by atoms with Gasteiger partial charge in [0.25, 0.3) is 5.91 Å². The summed E-state index contributed by atoms with van der Waals surface area (Å²) in [6, 6.07) is 15.6. The number of anilines is 1. The topological polar surface area (TPSA) is 51.1 Å². The molecule has 3 rings (SSSR count). The summed E-state index contributed by atoms with van der Waals surface area (Å²) in [5.74, 6) is -1.45. The maximum atomic E-state index is 14.8. The number of nitrogens with zero attached hydrogens (tertiary/aromatic N) is 1. The molecule has 0 spiro atoms. The smallest absolute Gasteiger partial charge is 0.261 e. The van der Waals surface area contributed by atoms with Crippen LogP contribution in [0.25, 0.3) is 0 Å². The third kappa shape index (κ3) is 4.20. The van der Waals surface area contributed by atoms with Crippen molar-refractivity contribution in [2.75, 3.05) is 5.32 Å². The second-order valence-electron chi connectivity index (χ2n) is 7.49. The van der Waals surface area contributed by atoms with E-state index in [4.69, 9.17) is 0 Å². The Morgan fingerprint density at radius 3 is 2.37 bits per heavy atom. The first kappa shape index (κ1) is 21.5. The number of halogens is 1. The van der Waals surface area contributed by atoms with Crippen LogP contribution in [-0.2, 0) is 19.4 Å². The SMILES string of the molecule is CCc1cccc(C)c1NC(=O)c1c(C)n(CCc2ccccc2)c(C)c(F)c1=O. The average Bonchev–Trinajstić information content (AvgIpc) is 2.74. The molecule has 0 aliphatic rings. The summed E-state index contributed by atoms with van der Waals surface area (Å²) in [5, 5.41) is 2.86. The largest absolute Gasteiger partial charge is 0.345 e. The van der Waals surface area contributed by atoms with E-state index in [1.165, 1.54) is 0 Å². The van der Waals surface area contributed by atoms with Crippen LogP contribution in [0.5, 0.6) is 0 Å². The molecule has 0 bridgehead atoms. The van der Waals surface area contributed by atoms with Gasteiger partial charge < -0.3 is 9.88 Å². The van der Waals surface area contributed by atoms with Crippen molar-refractivity contribution in [2.45, 2.75) is 47.1 Å². The van der Waals surface area contributed by atoms with Crippen LogP contribution in [0.3, 0.4) is 0 Å².